The van der Waals surface area contributed by atoms with Crippen LogP contribution in [0.15, 0.2) is 0 Å². The van der Waals surface area contributed by atoms with Gasteiger partial charge in [-0.25, -0.2) is 0 Å². The standard InChI is InChI=1S/C33H56O6/c1-18-17-20(27(29(5,6)37)38-19(2)34)39-25-24(18)32(9)16-15-31(8)22(33(32,10)26(25)36)12-11-21-28(3,4)23(35)13-14-30(21,31)7/h18,20-27,35-37H,11-17H2,1-10H3/t18-,20-,21+,22-,23+,24+,25-,26+,27+,30+,31-,32-,33-/m1/s1. The number of hydrogen-bond donors (Lipinski definition) is 3. The lowest BCUT2D eigenvalue weighted by Crippen LogP contribution is -2.67. The van der Waals surface area contributed by atoms with E-state index in [4.69, 9.17) is 9.47 Å². The summed E-state index contributed by atoms with van der Waals surface area (Å²) in [7, 11) is 0. The Hall–Kier alpha value is -0.690. The molecule has 1 aliphatic heterocycles. The molecule has 5 fully saturated rings. The number of carbonyl (C=O) groups excluding carboxylic acids is 1. The van der Waals surface area contributed by atoms with Crippen molar-refractivity contribution in [1.82, 2.24) is 0 Å². The molecule has 0 aromatic carbocycles. The summed E-state index contributed by atoms with van der Waals surface area (Å²) >= 11 is 0. The Morgan fingerprint density at radius 1 is 0.923 bits per heavy atom. The Kier molecular flexibility index (Phi) is 6.80. The van der Waals surface area contributed by atoms with Crippen molar-refractivity contribution in [2.75, 3.05) is 0 Å². The fourth-order valence-electron chi connectivity index (χ4n) is 12.0. The molecule has 6 heteroatoms. The highest BCUT2D eigenvalue weighted by atomic mass is 16.6. The second-order valence-corrected chi connectivity index (χ2v) is 16.6. The van der Waals surface area contributed by atoms with Crippen molar-refractivity contribution in [2.45, 2.75) is 150 Å². The lowest BCUT2D eigenvalue weighted by Gasteiger charge is -2.72. The van der Waals surface area contributed by atoms with Gasteiger partial charge in [0, 0.05) is 12.3 Å². The van der Waals surface area contributed by atoms with Crippen LogP contribution in [-0.4, -0.2) is 57.4 Å². The number of hydrogen-bond acceptors (Lipinski definition) is 6. The topological polar surface area (TPSA) is 96.2 Å². The highest BCUT2D eigenvalue weighted by molar-refractivity contribution is 5.66. The van der Waals surface area contributed by atoms with Crippen molar-refractivity contribution in [1.29, 1.82) is 0 Å². The van der Waals surface area contributed by atoms with Crippen molar-refractivity contribution >= 4 is 5.97 Å². The smallest absolute Gasteiger partial charge is 0.303 e. The van der Waals surface area contributed by atoms with Gasteiger partial charge >= 0.3 is 5.97 Å². The van der Waals surface area contributed by atoms with Gasteiger partial charge < -0.3 is 24.8 Å². The fourth-order valence-corrected chi connectivity index (χ4v) is 12.0. The second kappa shape index (κ2) is 8.91. The minimum Gasteiger partial charge on any atom is -0.457 e. The minimum absolute atomic E-state index is 0.0616. The molecule has 4 aliphatic carbocycles. The Morgan fingerprint density at radius 2 is 1.49 bits per heavy atom. The van der Waals surface area contributed by atoms with Crippen molar-refractivity contribution in [3.05, 3.63) is 0 Å². The molecule has 5 rings (SSSR count). The summed E-state index contributed by atoms with van der Waals surface area (Å²) < 4.78 is 12.4. The summed E-state index contributed by atoms with van der Waals surface area (Å²) in [6.07, 6.45) is 4.41. The summed E-state index contributed by atoms with van der Waals surface area (Å²) in [5.41, 5.74) is -1.60. The van der Waals surface area contributed by atoms with Gasteiger partial charge in [-0.05, 0) is 104 Å². The van der Waals surface area contributed by atoms with Gasteiger partial charge in [-0.15, -0.1) is 0 Å². The maximum Gasteiger partial charge on any atom is 0.303 e. The van der Waals surface area contributed by atoms with Gasteiger partial charge in [-0.2, -0.15) is 0 Å². The van der Waals surface area contributed by atoms with Gasteiger partial charge in [0.15, 0.2) is 6.10 Å². The van der Waals surface area contributed by atoms with Crippen LogP contribution in [0.2, 0.25) is 0 Å². The van der Waals surface area contributed by atoms with Crippen LogP contribution in [0, 0.1) is 50.7 Å². The van der Waals surface area contributed by atoms with Gasteiger partial charge in [0.2, 0.25) is 0 Å². The van der Waals surface area contributed by atoms with Gasteiger partial charge in [-0.3, -0.25) is 4.79 Å². The van der Waals surface area contributed by atoms with E-state index in [0.717, 1.165) is 38.5 Å². The van der Waals surface area contributed by atoms with E-state index >= 15 is 0 Å². The predicted molar refractivity (Wildman–Crippen MR) is 151 cm³/mol. The molecular formula is C33H56O6. The van der Waals surface area contributed by atoms with Crippen LogP contribution < -0.4 is 0 Å². The molecule has 0 aromatic rings. The molecule has 0 aromatic heterocycles. The normalized spacial score (nSPS) is 53.6. The zero-order chi connectivity index (χ0) is 29.1. The van der Waals surface area contributed by atoms with E-state index in [1.807, 2.05) is 0 Å². The maximum atomic E-state index is 12.4. The molecule has 224 valence electrons. The van der Waals surface area contributed by atoms with Crippen LogP contribution in [0.25, 0.3) is 0 Å². The SMILES string of the molecule is CC(=O)O[C@@H]([C@H]1C[C@@H](C)[C@H]2[C@@H](O1)[C@H](O)[C@@]1(C)[C@@H]3CC[C@H]4C(C)(C)[C@@H](O)CC[C@]4(C)[C@]3(C)CC[C@]21C)C(C)(C)O. The van der Waals surface area contributed by atoms with Crippen LogP contribution in [0.4, 0.5) is 0 Å². The highest BCUT2D eigenvalue weighted by Crippen LogP contribution is 2.79. The largest absolute Gasteiger partial charge is 0.457 e. The monoisotopic (exact) mass is 548 g/mol. The zero-order valence-corrected chi connectivity index (χ0v) is 26.2. The van der Waals surface area contributed by atoms with E-state index in [-0.39, 0.29) is 51.1 Å². The molecule has 1 saturated heterocycles. The summed E-state index contributed by atoms with van der Waals surface area (Å²) in [4.78, 5) is 12.0. The number of aliphatic hydroxyl groups is 3. The third kappa shape index (κ3) is 3.75. The molecule has 6 nitrogen and oxygen atoms in total. The third-order valence-corrected chi connectivity index (χ3v) is 14.3. The van der Waals surface area contributed by atoms with Gasteiger partial charge in [-0.1, -0.05) is 48.5 Å². The molecule has 13 atom stereocenters. The first-order valence-electron chi connectivity index (χ1n) is 15.7. The average molecular weight is 549 g/mol. The molecule has 5 aliphatic rings. The van der Waals surface area contributed by atoms with E-state index in [1.54, 1.807) is 13.8 Å². The van der Waals surface area contributed by atoms with Gasteiger partial charge in [0.05, 0.1) is 30.0 Å². The molecule has 0 unspecified atom stereocenters. The van der Waals surface area contributed by atoms with Crippen LogP contribution >= 0.6 is 0 Å². The van der Waals surface area contributed by atoms with Crippen molar-refractivity contribution in [3.8, 4) is 0 Å². The van der Waals surface area contributed by atoms with Crippen molar-refractivity contribution in [2.24, 2.45) is 50.7 Å². The average Bonchev–Trinajstić information content (AvgIpc) is 2.99. The Bertz CT molecular complexity index is 987. The summed E-state index contributed by atoms with van der Waals surface area (Å²) in [6.45, 7) is 21.3. The quantitative estimate of drug-likeness (QED) is 0.403. The molecule has 3 N–H and O–H groups in total. The number of rotatable bonds is 3. The number of esters is 1. The second-order valence-electron chi connectivity index (χ2n) is 16.6. The third-order valence-electron chi connectivity index (χ3n) is 14.3. The zero-order valence-electron chi connectivity index (χ0n) is 26.2. The molecule has 39 heavy (non-hydrogen) atoms. The predicted octanol–water partition coefficient (Wildman–Crippen LogP) is 5.50. The van der Waals surface area contributed by atoms with Crippen molar-refractivity contribution in [3.63, 3.8) is 0 Å². The minimum atomic E-state index is -1.25. The fraction of sp³-hybridized carbons (Fsp3) is 0.970. The first kappa shape index (κ1) is 29.8. The first-order valence-corrected chi connectivity index (χ1v) is 15.7. The van der Waals surface area contributed by atoms with E-state index in [2.05, 4.69) is 48.5 Å². The Labute approximate surface area is 236 Å². The molecule has 4 saturated carbocycles. The lowest BCUT2D eigenvalue weighted by atomic mass is 9.32. The van der Waals surface area contributed by atoms with Crippen LogP contribution in [0.3, 0.4) is 0 Å². The number of ether oxygens (including phenoxy) is 2. The van der Waals surface area contributed by atoms with Crippen LogP contribution in [0.5, 0.6) is 0 Å². The van der Waals surface area contributed by atoms with Gasteiger partial charge in [0.1, 0.15) is 0 Å². The molecule has 0 bridgehead atoms. The van der Waals surface area contributed by atoms with Crippen LogP contribution in [-0.2, 0) is 14.3 Å². The number of carbonyl (C=O) groups is 1. The van der Waals surface area contributed by atoms with E-state index in [0.29, 0.717) is 18.3 Å². The summed E-state index contributed by atoms with van der Waals surface area (Å²) in [6, 6.07) is 0. The maximum absolute atomic E-state index is 12.4. The molecular weight excluding hydrogens is 492 g/mol. The first-order chi connectivity index (χ1) is 17.8. The highest BCUT2D eigenvalue weighted by Gasteiger charge is 2.77. The van der Waals surface area contributed by atoms with E-state index in [1.165, 1.54) is 6.92 Å². The number of fused-ring (bicyclic) bond motifs is 7. The van der Waals surface area contributed by atoms with Crippen molar-refractivity contribution < 1.29 is 29.6 Å². The Morgan fingerprint density at radius 3 is 2.08 bits per heavy atom. The van der Waals surface area contributed by atoms with E-state index < -0.39 is 29.9 Å². The summed E-state index contributed by atoms with van der Waals surface area (Å²) in [5, 5.41) is 34.3. The van der Waals surface area contributed by atoms with E-state index in [9.17, 15) is 20.1 Å². The lowest BCUT2D eigenvalue weighted by molar-refractivity contribution is -0.256. The molecule has 1 heterocycles. The molecule has 0 radical (unpaired) electrons. The molecule has 0 spiro atoms. The molecule has 0 amide bonds. The Balaban J connectivity index is 1.53. The summed E-state index contributed by atoms with van der Waals surface area (Å²) in [5.74, 6) is 0.842. The van der Waals surface area contributed by atoms with Crippen LogP contribution in [0.1, 0.15) is 114 Å². The number of aliphatic hydroxyl groups excluding tert-OH is 2. The van der Waals surface area contributed by atoms with Gasteiger partial charge in [0.25, 0.3) is 0 Å².